The van der Waals surface area contributed by atoms with Gasteiger partial charge >= 0.3 is 0 Å². The lowest BCUT2D eigenvalue weighted by atomic mass is 10.1. The summed E-state index contributed by atoms with van der Waals surface area (Å²) in [6.07, 6.45) is 0.983. The van der Waals surface area contributed by atoms with Gasteiger partial charge in [-0.1, -0.05) is 19.1 Å². The second-order valence-corrected chi connectivity index (χ2v) is 8.58. The Kier molecular flexibility index (Phi) is 6.73. The van der Waals surface area contributed by atoms with E-state index in [1.807, 2.05) is 24.3 Å². The predicted molar refractivity (Wildman–Crippen MR) is 98.6 cm³/mol. The second kappa shape index (κ2) is 8.56. The monoisotopic (exact) mass is 356 g/mol. The molecule has 0 spiro atoms. The van der Waals surface area contributed by atoms with Crippen molar-refractivity contribution in [3.8, 4) is 0 Å². The molecule has 0 aliphatic carbocycles. The van der Waals surface area contributed by atoms with E-state index in [2.05, 4.69) is 17.2 Å². The number of nitrogens with one attached hydrogen (secondary N) is 1. The number of sulfonamides is 1. The van der Waals surface area contributed by atoms with E-state index in [1.54, 1.807) is 16.1 Å². The molecule has 1 aliphatic rings. The first-order valence-corrected chi connectivity index (χ1v) is 10.5. The lowest BCUT2D eigenvalue weighted by Crippen LogP contribution is -2.40. The van der Waals surface area contributed by atoms with Crippen LogP contribution < -0.4 is 11.1 Å². The number of aryl methyl sites for hydroxylation is 1. The standard InChI is InChI=1S/C15H24N4O2S2/c1-2-13-3-5-14(6-4-13)18-15(16)17-7-12-23(20,21)19-8-10-22-11-9-19/h3-6H,2,7-12H2,1H3,(H3,16,17,18). The zero-order valence-electron chi connectivity index (χ0n) is 13.4. The van der Waals surface area contributed by atoms with Crippen molar-refractivity contribution in [1.29, 1.82) is 0 Å². The van der Waals surface area contributed by atoms with Crippen LogP contribution in [0.15, 0.2) is 29.3 Å². The summed E-state index contributed by atoms with van der Waals surface area (Å²) in [7, 11) is -3.23. The Balaban J connectivity index is 1.83. The number of hydrogen-bond acceptors (Lipinski definition) is 4. The molecule has 1 heterocycles. The number of thioether (sulfide) groups is 1. The van der Waals surface area contributed by atoms with Gasteiger partial charge in [-0.05, 0) is 24.1 Å². The van der Waals surface area contributed by atoms with Crippen molar-refractivity contribution in [3.05, 3.63) is 29.8 Å². The number of rotatable bonds is 6. The molecule has 0 unspecified atom stereocenters. The minimum atomic E-state index is -3.23. The van der Waals surface area contributed by atoms with Gasteiger partial charge in [0, 0.05) is 30.3 Å². The molecule has 1 aliphatic heterocycles. The Hall–Kier alpha value is -1.25. The second-order valence-electron chi connectivity index (χ2n) is 5.27. The molecule has 0 radical (unpaired) electrons. The van der Waals surface area contributed by atoms with E-state index >= 15 is 0 Å². The highest BCUT2D eigenvalue weighted by Crippen LogP contribution is 2.13. The van der Waals surface area contributed by atoms with Crippen molar-refractivity contribution in [2.45, 2.75) is 13.3 Å². The van der Waals surface area contributed by atoms with Crippen molar-refractivity contribution in [2.75, 3.05) is 42.2 Å². The summed E-state index contributed by atoms with van der Waals surface area (Å²) in [5, 5.41) is 2.97. The van der Waals surface area contributed by atoms with Crippen LogP contribution in [-0.4, -0.2) is 55.6 Å². The summed E-state index contributed by atoms with van der Waals surface area (Å²) in [6, 6.07) is 7.91. The predicted octanol–water partition coefficient (Wildman–Crippen LogP) is 1.35. The van der Waals surface area contributed by atoms with Gasteiger partial charge in [0.15, 0.2) is 5.96 Å². The fourth-order valence-corrected chi connectivity index (χ4v) is 4.70. The topological polar surface area (TPSA) is 87.8 Å². The molecule has 23 heavy (non-hydrogen) atoms. The smallest absolute Gasteiger partial charge is 0.215 e. The number of hydrogen-bond donors (Lipinski definition) is 2. The van der Waals surface area contributed by atoms with Crippen LogP contribution in [0.2, 0.25) is 0 Å². The van der Waals surface area contributed by atoms with Gasteiger partial charge in [0.05, 0.1) is 12.3 Å². The normalized spacial score (nSPS) is 17.2. The lowest BCUT2D eigenvalue weighted by molar-refractivity contribution is 0.444. The molecule has 128 valence electrons. The number of aliphatic imine (C=N–C) groups is 1. The Morgan fingerprint density at radius 1 is 1.30 bits per heavy atom. The maximum Gasteiger partial charge on any atom is 0.215 e. The number of guanidine groups is 1. The third-order valence-corrected chi connectivity index (χ3v) is 6.42. The average molecular weight is 357 g/mol. The Labute approximate surface area is 142 Å². The van der Waals surface area contributed by atoms with E-state index in [4.69, 9.17) is 5.73 Å². The molecular formula is C15H24N4O2S2. The molecule has 3 N–H and O–H groups in total. The molecule has 0 saturated carbocycles. The highest BCUT2D eigenvalue weighted by Gasteiger charge is 2.23. The summed E-state index contributed by atoms with van der Waals surface area (Å²) < 4.78 is 25.9. The highest BCUT2D eigenvalue weighted by atomic mass is 32.2. The summed E-state index contributed by atoms with van der Waals surface area (Å²) in [5.41, 5.74) is 7.90. The molecule has 8 heteroatoms. The summed E-state index contributed by atoms with van der Waals surface area (Å²) >= 11 is 1.78. The first-order chi connectivity index (χ1) is 11.0. The lowest BCUT2D eigenvalue weighted by Gasteiger charge is -2.25. The molecular weight excluding hydrogens is 332 g/mol. The largest absolute Gasteiger partial charge is 0.370 e. The van der Waals surface area contributed by atoms with Crippen LogP contribution >= 0.6 is 11.8 Å². The van der Waals surface area contributed by atoms with Gasteiger partial charge in [0.1, 0.15) is 0 Å². The maximum absolute atomic E-state index is 12.2. The van der Waals surface area contributed by atoms with E-state index in [-0.39, 0.29) is 18.3 Å². The Morgan fingerprint density at radius 3 is 2.57 bits per heavy atom. The molecule has 6 nitrogen and oxygen atoms in total. The molecule has 0 aromatic heterocycles. The summed E-state index contributed by atoms with van der Waals surface area (Å²) in [4.78, 5) is 4.11. The fraction of sp³-hybridized carbons (Fsp3) is 0.533. The summed E-state index contributed by atoms with van der Waals surface area (Å²) in [5.74, 6) is 1.95. The first kappa shape index (κ1) is 18.1. The van der Waals surface area contributed by atoms with Crippen LogP contribution in [0.5, 0.6) is 0 Å². The molecule has 1 aromatic carbocycles. The average Bonchev–Trinajstić information content (AvgIpc) is 2.56. The zero-order valence-corrected chi connectivity index (χ0v) is 15.0. The van der Waals surface area contributed by atoms with Crippen LogP contribution in [0.25, 0.3) is 0 Å². The van der Waals surface area contributed by atoms with Crippen molar-refractivity contribution >= 4 is 33.4 Å². The third kappa shape index (κ3) is 5.71. The van der Waals surface area contributed by atoms with Gasteiger partial charge in [0.25, 0.3) is 0 Å². The number of anilines is 1. The van der Waals surface area contributed by atoms with Crippen molar-refractivity contribution in [2.24, 2.45) is 10.7 Å². The molecule has 1 saturated heterocycles. The van der Waals surface area contributed by atoms with E-state index in [9.17, 15) is 8.42 Å². The molecule has 0 bridgehead atoms. The third-order valence-electron chi connectivity index (χ3n) is 3.63. The molecule has 0 amide bonds. The SMILES string of the molecule is CCc1ccc(NC(N)=NCCS(=O)(=O)N2CCSCC2)cc1. The first-order valence-electron chi connectivity index (χ1n) is 7.72. The van der Waals surface area contributed by atoms with Crippen LogP contribution in [-0.2, 0) is 16.4 Å². The zero-order chi connectivity index (χ0) is 16.7. The van der Waals surface area contributed by atoms with E-state index in [1.165, 1.54) is 5.56 Å². The van der Waals surface area contributed by atoms with Crippen molar-refractivity contribution in [1.82, 2.24) is 4.31 Å². The van der Waals surface area contributed by atoms with E-state index in [0.717, 1.165) is 23.6 Å². The van der Waals surface area contributed by atoms with Crippen LogP contribution in [0, 0.1) is 0 Å². The van der Waals surface area contributed by atoms with Gasteiger partial charge in [0.2, 0.25) is 10.0 Å². The van der Waals surface area contributed by atoms with E-state index < -0.39 is 10.0 Å². The van der Waals surface area contributed by atoms with E-state index in [0.29, 0.717) is 13.1 Å². The maximum atomic E-state index is 12.2. The molecule has 0 atom stereocenters. The van der Waals surface area contributed by atoms with Gasteiger partial charge < -0.3 is 11.1 Å². The van der Waals surface area contributed by atoms with Gasteiger partial charge in [-0.15, -0.1) is 0 Å². The van der Waals surface area contributed by atoms with Crippen molar-refractivity contribution in [3.63, 3.8) is 0 Å². The minimum absolute atomic E-state index is 0.00514. The molecule has 1 aromatic rings. The van der Waals surface area contributed by atoms with Crippen LogP contribution in [0.4, 0.5) is 5.69 Å². The van der Waals surface area contributed by atoms with Gasteiger partial charge in [-0.25, -0.2) is 12.7 Å². The van der Waals surface area contributed by atoms with Gasteiger partial charge in [-0.3, -0.25) is 4.99 Å². The van der Waals surface area contributed by atoms with Crippen molar-refractivity contribution < 1.29 is 8.42 Å². The quantitative estimate of drug-likeness (QED) is 0.593. The number of benzene rings is 1. The molecule has 2 rings (SSSR count). The summed E-state index contributed by atoms with van der Waals surface area (Å²) in [6.45, 7) is 3.44. The Morgan fingerprint density at radius 2 is 1.96 bits per heavy atom. The molecule has 1 fully saturated rings. The fourth-order valence-electron chi connectivity index (χ4n) is 2.25. The number of nitrogens with two attached hydrogens (primary N) is 1. The highest BCUT2D eigenvalue weighted by molar-refractivity contribution is 7.99. The Bertz CT molecular complexity index is 623. The van der Waals surface area contributed by atoms with Gasteiger partial charge in [-0.2, -0.15) is 11.8 Å². The minimum Gasteiger partial charge on any atom is -0.370 e. The van der Waals surface area contributed by atoms with Crippen LogP contribution in [0.1, 0.15) is 12.5 Å². The number of nitrogens with zero attached hydrogens (tertiary/aromatic N) is 2. The van der Waals surface area contributed by atoms with Crippen LogP contribution in [0.3, 0.4) is 0 Å².